The fourth-order valence-corrected chi connectivity index (χ4v) is 3.34. The number of hydrogen-bond acceptors (Lipinski definition) is 1. The Morgan fingerprint density at radius 2 is 1.84 bits per heavy atom. The molecule has 1 aliphatic rings. The average molecular weight is 414 g/mol. The number of guanidine groups is 1. The van der Waals surface area contributed by atoms with Gasteiger partial charge in [0.2, 0.25) is 0 Å². The maximum absolute atomic E-state index is 6.32. The molecule has 0 heterocycles. The van der Waals surface area contributed by atoms with Crippen LogP contribution in [-0.2, 0) is 5.41 Å². The summed E-state index contributed by atoms with van der Waals surface area (Å²) in [4.78, 5) is 4.20. The van der Waals surface area contributed by atoms with Crippen LogP contribution in [0.5, 0.6) is 0 Å². The van der Waals surface area contributed by atoms with Gasteiger partial charge in [0, 0.05) is 15.5 Å². The van der Waals surface area contributed by atoms with Crippen molar-refractivity contribution in [2.45, 2.75) is 31.1 Å². The maximum atomic E-state index is 6.32. The van der Waals surface area contributed by atoms with Crippen LogP contribution < -0.4 is 11.5 Å². The molecule has 0 saturated heterocycles. The molecule has 4 N–H and O–H groups in total. The highest BCUT2D eigenvalue weighted by Gasteiger charge is 2.37. The number of hydrogen-bond donors (Lipinski definition) is 2. The van der Waals surface area contributed by atoms with Gasteiger partial charge in [0.15, 0.2) is 5.96 Å². The Morgan fingerprint density at radius 1 is 1.21 bits per heavy atom. The van der Waals surface area contributed by atoms with Gasteiger partial charge in [0.25, 0.3) is 0 Å². The van der Waals surface area contributed by atoms with Crippen molar-refractivity contribution in [1.29, 1.82) is 0 Å². The van der Waals surface area contributed by atoms with Crippen LogP contribution in [0, 0.1) is 0 Å². The molecule has 0 amide bonds. The predicted octanol–water partition coefficient (Wildman–Crippen LogP) is 3.70. The zero-order valence-corrected chi connectivity index (χ0v) is 14.4. The first kappa shape index (κ1) is 16.9. The van der Waals surface area contributed by atoms with Gasteiger partial charge >= 0.3 is 0 Å². The Bertz CT molecular complexity index is 467. The third kappa shape index (κ3) is 3.89. The summed E-state index contributed by atoms with van der Waals surface area (Å²) >= 11 is 12.3. The van der Waals surface area contributed by atoms with E-state index >= 15 is 0 Å². The third-order valence-electron chi connectivity index (χ3n) is 3.63. The summed E-state index contributed by atoms with van der Waals surface area (Å²) in [5, 5.41) is 1.36. The molecular formula is C13H18Cl2IN3. The smallest absolute Gasteiger partial charge is 0.185 e. The van der Waals surface area contributed by atoms with E-state index in [2.05, 4.69) is 4.99 Å². The molecule has 1 aromatic carbocycles. The maximum Gasteiger partial charge on any atom is 0.185 e. The van der Waals surface area contributed by atoms with Crippen molar-refractivity contribution in [1.82, 2.24) is 0 Å². The van der Waals surface area contributed by atoms with Gasteiger partial charge in [-0.3, -0.25) is 4.99 Å². The summed E-state index contributed by atoms with van der Waals surface area (Å²) in [6.45, 7) is 0.594. The molecule has 6 heteroatoms. The van der Waals surface area contributed by atoms with Crippen LogP contribution in [0.25, 0.3) is 0 Å². The van der Waals surface area contributed by atoms with E-state index in [9.17, 15) is 0 Å². The number of benzene rings is 1. The second kappa shape index (κ2) is 6.99. The molecule has 2 rings (SSSR count). The molecule has 0 unspecified atom stereocenters. The lowest BCUT2D eigenvalue weighted by atomic mass is 9.79. The molecule has 106 valence electrons. The quantitative estimate of drug-likeness (QED) is 0.450. The second-order valence-electron chi connectivity index (χ2n) is 4.85. The van der Waals surface area contributed by atoms with Crippen LogP contribution in [0.2, 0.25) is 10.0 Å². The van der Waals surface area contributed by atoms with Crippen LogP contribution in [0.15, 0.2) is 23.2 Å². The first-order valence-electron chi connectivity index (χ1n) is 6.04. The van der Waals surface area contributed by atoms with Crippen molar-refractivity contribution in [3.05, 3.63) is 33.8 Å². The molecule has 1 fully saturated rings. The van der Waals surface area contributed by atoms with Crippen molar-refractivity contribution in [2.24, 2.45) is 16.5 Å². The van der Waals surface area contributed by atoms with Gasteiger partial charge in [-0.2, -0.15) is 0 Å². The van der Waals surface area contributed by atoms with Gasteiger partial charge in [-0.15, -0.1) is 24.0 Å². The molecule has 0 aromatic heterocycles. The fraction of sp³-hybridized carbons (Fsp3) is 0.462. The number of rotatable bonds is 3. The van der Waals surface area contributed by atoms with E-state index < -0.39 is 0 Å². The van der Waals surface area contributed by atoms with Gasteiger partial charge in [-0.1, -0.05) is 42.1 Å². The van der Waals surface area contributed by atoms with Crippen molar-refractivity contribution in [2.75, 3.05) is 6.54 Å². The largest absolute Gasteiger partial charge is 0.370 e. The normalized spacial score (nSPS) is 16.7. The highest BCUT2D eigenvalue weighted by atomic mass is 127. The molecule has 0 spiro atoms. The van der Waals surface area contributed by atoms with E-state index in [4.69, 9.17) is 34.7 Å². The van der Waals surface area contributed by atoms with Gasteiger partial charge < -0.3 is 11.5 Å². The minimum Gasteiger partial charge on any atom is -0.370 e. The molecule has 1 saturated carbocycles. The van der Waals surface area contributed by atoms with Crippen molar-refractivity contribution in [3.63, 3.8) is 0 Å². The van der Waals surface area contributed by atoms with E-state index in [1.54, 1.807) is 6.07 Å². The van der Waals surface area contributed by atoms with Gasteiger partial charge in [-0.05, 0) is 30.5 Å². The minimum atomic E-state index is -0.0360. The number of halogens is 3. The van der Waals surface area contributed by atoms with Crippen molar-refractivity contribution in [3.8, 4) is 0 Å². The van der Waals surface area contributed by atoms with Crippen molar-refractivity contribution >= 4 is 53.1 Å². The molecule has 0 bridgehead atoms. The first-order valence-corrected chi connectivity index (χ1v) is 6.80. The molecule has 0 aliphatic heterocycles. The summed E-state index contributed by atoms with van der Waals surface area (Å²) in [5.41, 5.74) is 12.0. The lowest BCUT2D eigenvalue weighted by Crippen LogP contribution is -2.30. The van der Waals surface area contributed by atoms with Crippen molar-refractivity contribution < 1.29 is 0 Å². The Hall–Kier alpha value is -0.200. The Morgan fingerprint density at radius 3 is 2.37 bits per heavy atom. The standard InChI is InChI=1S/C13H17Cl2N3.HI/c14-9-3-4-10(11(15)7-9)13(5-1-2-6-13)8-18-12(16)17;/h3-4,7H,1-2,5-6,8H2,(H4,16,17,18);1H. The Balaban J connectivity index is 0.00000180. The van der Waals surface area contributed by atoms with E-state index in [0.717, 1.165) is 18.4 Å². The zero-order chi connectivity index (χ0) is 13.2. The molecular weight excluding hydrogens is 396 g/mol. The second-order valence-corrected chi connectivity index (χ2v) is 5.70. The van der Waals surface area contributed by atoms with Crippen LogP contribution in [0.4, 0.5) is 0 Å². The number of nitrogens with two attached hydrogens (primary N) is 2. The highest BCUT2D eigenvalue weighted by molar-refractivity contribution is 14.0. The molecule has 3 nitrogen and oxygen atoms in total. The molecule has 0 atom stereocenters. The summed E-state index contributed by atoms with van der Waals surface area (Å²) in [6.07, 6.45) is 4.48. The molecule has 1 aromatic rings. The summed E-state index contributed by atoms with van der Waals surface area (Å²) in [7, 11) is 0. The average Bonchev–Trinajstić information content (AvgIpc) is 2.76. The predicted molar refractivity (Wildman–Crippen MR) is 92.7 cm³/mol. The lowest BCUT2D eigenvalue weighted by molar-refractivity contribution is 0.454. The molecule has 1 aliphatic carbocycles. The lowest BCUT2D eigenvalue weighted by Gasteiger charge is -2.29. The van der Waals surface area contributed by atoms with E-state index in [-0.39, 0.29) is 35.4 Å². The van der Waals surface area contributed by atoms with Gasteiger partial charge in [0.1, 0.15) is 0 Å². The van der Waals surface area contributed by atoms with Gasteiger partial charge in [-0.25, -0.2) is 0 Å². The topological polar surface area (TPSA) is 64.4 Å². The minimum absolute atomic E-state index is 0. The summed E-state index contributed by atoms with van der Waals surface area (Å²) < 4.78 is 0. The summed E-state index contributed by atoms with van der Waals surface area (Å²) in [6, 6.07) is 5.66. The number of nitrogens with zero attached hydrogens (tertiary/aromatic N) is 1. The number of aliphatic imine (C=N–C) groups is 1. The monoisotopic (exact) mass is 413 g/mol. The zero-order valence-electron chi connectivity index (χ0n) is 10.5. The third-order valence-corrected chi connectivity index (χ3v) is 4.18. The van der Waals surface area contributed by atoms with E-state index in [1.165, 1.54) is 12.8 Å². The van der Waals surface area contributed by atoms with Crippen LogP contribution >= 0.6 is 47.2 Å². The first-order chi connectivity index (χ1) is 8.53. The summed E-state index contributed by atoms with van der Waals surface area (Å²) in [5.74, 6) is 0.131. The Labute approximate surface area is 140 Å². The highest BCUT2D eigenvalue weighted by Crippen LogP contribution is 2.44. The molecule has 19 heavy (non-hydrogen) atoms. The SMILES string of the molecule is I.NC(N)=NCC1(c2ccc(Cl)cc2Cl)CCCC1. The van der Waals surface area contributed by atoms with Crippen LogP contribution in [-0.4, -0.2) is 12.5 Å². The Kier molecular flexibility index (Phi) is 6.20. The molecule has 0 radical (unpaired) electrons. The van der Waals surface area contributed by atoms with Gasteiger partial charge in [0.05, 0.1) is 6.54 Å². The van der Waals surface area contributed by atoms with Crippen LogP contribution in [0.1, 0.15) is 31.2 Å². The van der Waals surface area contributed by atoms with E-state index in [1.807, 2.05) is 12.1 Å². The van der Waals surface area contributed by atoms with E-state index in [0.29, 0.717) is 16.6 Å². The fourth-order valence-electron chi connectivity index (χ4n) is 2.73. The van der Waals surface area contributed by atoms with Crippen LogP contribution in [0.3, 0.4) is 0 Å².